The fraction of sp³-hybridized carbons (Fsp3) is 0.556. The summed E-state index contributed by atoms with van der Waals surface area (Å²) in [7, 11) is 0. The van der Waals surface area contributed by atoms with E-state index in [9.17, 15) is 4.79 Å². The van der Waals surface area contributed by atoms with Crippen LogP contribution >= 0.6 is 0 Å². The van der Waals surface area contributed by atoms with Gasteiger partial charge in [-0.3, -0.25) is 4.79 Å². The van der Waals surface area contributed by atoms with E-state index >= 15 is 0 Å². The average molecular weight is 182 g/mol. The van der Waals surface area contributed by atoms with Gasteiger partial charge in [-0.15, -0.1) is 0 Å². The van der Waals surface area contributed by atoms with Crippen molar-refractivity contribution in [2.24, 2.45) is 0 Å². The molecular formula is C9H14N2O2. The van der Waals surface area contributed by atoms with Crippen molar-refractivity contribution in [3.63, 3.8) is 0 Å². The molecule has 0 saturated heterocycles. The lowest BCUT2D eigenvalue weighted by Gasteiger charge is -2.14. The molecule has 0 aliphatic rings. The molecule has 72 valence electrons. The van der Waals surface area contributed by atoms with Gasteiger partial charge in [-0.2, -0.15) is 5.10 Å². The second-order valence-corrected chi connectivity index (χ2v) is 2.84. The maximum atomic E-state index is 10.9. The van der Waals surface area contributed by atoms with E-state index in [4.69, 9.17) is 4.74 Å². The van der Waals surface area contributed by atoms with Gasteiger partial charge in [-0.05, 0) is 12.8 Å². The summed E-state index contributed by atoms with van der Waals surface area (Å²) in [5.41, 5.74) is -0.233. The Kier molecular flexibility index (Phi) is 3.49. The van der Waals surface area contributed by atoms with E-state index in [0.29, 0.717) is 5.75 Å². The zero-order valence-electron chi connectivity index (χ0n) is 7.91. The van der Waals surface area contributed by atoms with Crippen LogP contribution in [0.2, 0.25) is 0 Å². The number of rotatable bonds is 4. The minimum Gasteiger partial charge on any atom is -0.489 e. The normalized spacial score (nSPS) is 10.4. The van der Waals surface area contributed by atoms with Crippen LogP contribution in [0.1, 0.15) is 26.7 Å². The third-order valence-electron chi connectivity index (χ3n) is 1.85. The van der Waals surface area contributed by atoms with Crippen molar-refractivity contribution in [2.45, 2.75) is 32.8 Å². The summed E-state index contributed by atoms with van der Waals surface area (Å²) in [6.07, 6.45) is 3.55. The van der Waals surface area contributed by atoms with Crippen molar-refractivity contribution in [3.8, 4) is 5.75 Å². The highest BCUT2D eigenvalue weighted by Crippen LogP contribution is 2.10. The van der Waals surface area contributed by atoms with E-state index in [2.05, 4.69) is 24.0 Å². The Hall–Kier alpha value is -1.32. The van der Waals surface area contributed by atoms with Crippen LogP contribution in [-0.2, 0) is 0 Å². The van der Waals surface area contributed by atoms with Gasteiger partial charge >= 0.3 is 0 Å². The molecule has 1 heterocycles. The van der Waals surface area contributed by atoms with E-state index in [1.54, 1.807) is 0 Å². The van der Waals surface area contributed by atoms with Crippen LogP contribution < -0.4 is 10.3 Å². The van der Waals surface area contributed by atoms with Crippen molar-refractivity contribution >= 4 is 0 Å². The number of aromatic nitrogens is 2. The fourth-order valence-corrected chi connectivity index (χ4v) is 1.07. The highest BCUT2D eigenvalue weighted by Gasteiger charge is 2.04. The molecule has 0 unspecified atom stereocenters. The van der Waals surface area contributed by atoms with Gasteiger partial charge < -0.3 is 4.74 Å². The highest BCUT2D eigenvalue weighted by molar-refractivity contribution is 5.13. The molecule has 0 aliphatic carbocycles. The minimum atomic E-state index is -0.233. The van der Waals surface area contributed by atoms with Crippen LogP contribution in [-0.4, -0.2) is 16.3 Å². The highest BCUT2D eigenvalue weighted by atomic mass is 16.5. The Morgan fingerprint density at radius 2 is 2.23 bits per heavy atom. The maximum Gasteiger partial charge on any atom is 0.267 e. The van der Waals surface area contributed by atoms with Gasteiger partial charge in [0, 0.05) is 6.07 Å². The molecular weight excluding hydrogens is 168 g/mol. The van der Waals surface area contributed by atoms with Crippen LogP contribution in [0, 0.1) is 0 Å². The van der Waals surface area contributed by atoms with Crippen LogP contribution in [0.4, 0.5) is 0 Å². The molecule has 1 N–H and O–H groups in total. The van der Waals surface area contributed by atoms with Crippen molar-refractivity contribution in [3.05, 3.63) is 22.6 Å². The lowest BCUT2D eigenvalue weighted by molar-refractivity contribution is 0.191. The first-order valence-electron chi connectivity index (χ1n) is 4.47. The molecule has 0 atom stereocenters. The molecule has 4 heteroatoms. The zero-order chi connectivity index (χ0) is 9.68. The number of hydrogen-bond donors (Lipinski definition) is 1. The van der Waals surface area contributed by atoms with Crippen LogP contribution in [0.25, 0.3) is 0 Å². The molecule has 0 fully saturated rings. The van der Waals surface area contributed by atoms with Gasteiger partial charge in [0.15, 0.2) is 0 Å². The number of nitrogens with zero attached hydrogens (tertiary/aromatic N) is 1. The molecule has 0 aliphatic heterocycles. The third kappa shape index (κ3) is 2.89. The van der Waals surface area contributed by atoms with E-state index in [-0.39, 0.29) is 11.7 Å². The molecule has 1 rings (SSSR count). The minimum absolute atomic E-state index is 0.170. The molecule has 0 radical (unpaired) electrons. The maximum absolute atomic E-state index is 10.9. The Bertz CT molecular complexity index is 304. The smallest absolute Gasteiger partial charge is 0.267 e. The quantitative estimate of drug-likeness (QED) is 0.764. The van der Waals surface area contributed by atoms with E-state index in [1.165, 1.54) is 12.3 Å². The number of aromatic amines is 1. The lowest BCUT2D eigenvalue weighted by atomic mass is 10.2. The summed E-state index contributed by atoms with van der Waals surface area (Å²) < 4.78 is 5.51. The monoisotopic (exact) mass is 182 g/mol. The Labute approximate surface area is 76.9 Å². The van der Waals surface area contributed by atoms with Crippen LogP contribution in [0.15, 0.2) is 17.1 Å². The van der Waals surface area contributed by atoms with Gasteiger partial charge in [0.25, 0.3) is 5.56 Å². The van der Waals surface area contributed by atoms with Gasteiger partial charge in [0.1, 0.15) is 5.75 Å². The number of nitrogens with one attached hydrogen (secondary N) is 1. The molecule has 13 heavy (non-hydrogen) atoms. The molecule has 0 amide bonds. The molecule has 0 bridgehead atoms. The van der Waals surface area contributed by atoms with Crippen LogP contribution in [0.5, 0.6) is 5.75 Å². The standard InChI is InChI=1S/C9H14N2O2/c1-3-7(4-2)13-8-5-9(12)11-10-6-8/h5-7H,3-4H2,1-2H3,(H,11,12). The van der Waals surface area contributed by atoms with Crippen molar-refractivity contribution in [2.75, 3.05) is 0 Å². The van der Waals surface area contributed by atoms with E-state index in [0.717, 1.165) is 12.8 Å². The van der Waals surface area contributed by atoms with Crippen molar-refractivity contribution in [1.82, 2.24) is 10.2 Å². The summed E-state index contributed by atoms with van der Waals surface area (Å²) in [5.74, 6) is 0.539. The Morgan fingerprint density at radius 3 is 2.77 bits per heavy atom. The first-order valence-corrected chi connectivity index (χ1v) is 4.47. The molecule has 4 nitrogen and oxygen atoms in total. The largest absolute Gasteiger partial charge is 0.489 e. The molecule has 0 saturated carbocycles. The van der Waals surface area contributed by atoms with Gasteiger partial charge in [-0.25, -0.2) is 5.10 Å². The zero-order valence-corrected chi connectivity index (χ0v) is 7.91. The predicted octanol–water partition coefficient (Wildman–Crippen LogP) is 1.34. The molecule has 1 aromatic rings. The summed E-state index contributed by atoms with van der Waals surface area (Å²) in [6, 6.07) is 1.41. The fourth-order valence-electron chi connectivity index (χ4n) is 1.07. The predicted molar refractivity (Wildman–Crippen MR) is 49.9 cm³/mol. The van der Waals surface area contributed by atoms with E-state index < -0.39 is 0 Å². The van der Waals surface area contributed by atoms with Gasteiger partial charge in [-0.1, -0.05) is 13.8 Å². The summed E-state index contributed by atoms with van der Waals surface area (Å²) in [6.45, 7) is 4.10. The Morgan fingerprint density at radius 1 is 1.54 bits per heavy atom. The second-order valence-electron chi connectivity index (χ2n) is 2.84. The molecule has 0 spiro atoms. The number of ether oxygens (including phenoxy) is 1. The summed E-state index contributed by atoms with van der Waals surface area (Å²) in [4.78, 5) is 10.9. The molecule has 1 aromatic heterocycles. The van der Waals surface area contributed by atoms with E-state index in [1.807, 2.05) is 0 Å². The summed E-state index contributed by atoms with van der Waals surface area (Å²) >= 11 is 0. The number of hydrogen-bond acceptors (Lipinski definition) is 3. The van der Waals surface area contributed by atoms with Gasteiger partial charge in [0.05, 0.1) is 12.3 Å². The average Bonchev–Trinajstić information content (AvgIpc) is 2.14. The second kappa shape index (κ2) is 4.64. The lowest BCUT2D eigenvalue weighted by Crippen LogP contribution is -2.16. The first kappa shape index (κ1) is 9.77. The van der Waals surface area contributed by atoms with Gasteiger partial charge in [0.2, 0.25) is 0 Å². The number of H-pyrrole nitrogens is 1. The SMILES string of the molecule is CCC(CC)Oc1cn[nH]c(=O)c1. The van der Waals surface area contributed by atoms with Crippen molar-refractivity contribution in [1.29, 1.82) is 0 Å². The van der Waals surface area contributed by atoms with Crippen LogP contribution in [0.3, 0.4) is 0 Å². The van der Waals surface area contributed by atoms with Crippen molar-refractivity contribution < 1.29 is 4.74 Å². The third-order valence-corrected chi connectivity index (χ3v) is 1.85. The summed E-state index contributed by atoms with van der Waals surface area (Å²) in [5, 5.41) is 5.94. The molecule has 0 aromatic carbocycles. The first-order chi connectivity index (χ1) is 6.26. The topological polar surface area (TPSA) is 55.0 Å². The Balaban J connectivity index is 2.68.